The predicted octanol–water partition coefficient (Wildman–Crippen LogP) is 5.11. The molecule has 2 unspecified atom stereocenters. The summed E-state index contributed by atoms with van der Waals surface area (Å²) in [5.74, 6) is 4.88. The van der Waals surface area contributed by atoms with Crippen molar-refractivity contribution in [2.45, 2.75) is 62.5 Å². The van der Waals surface area contributed by atoms with E-state index < -0.39 is 0 Å². The minimum atomic E-state index is 0.304. The first-order valence-corrected chi connectivity index (χ1v) is 8.89. The van der Waals surface area contributed by atoms with Gasteiger partial charge in [0.25, 0.3) is 0 Å². The summed E-state index contributed by atoms with van der Waals surface area (Å²) in [7, 11) is 0. The van der Waals surface area contributed by atoms with E-state index in [-0.39, 0.29) is 0 Å². The number of terminal acetylenes is 1. The molecular formula is C19H24S. The van der Waals surface area contributed by atoms with Crippen LogP contribution in [0.25, 0.3) is 0 Å². The molecule has 0 radical (unpaired) electrons. The lowest BCUT2D eigenvalue weighted by Gasteiger charge is -2.41. The maximum absolute atomic E-state index is 5.62. The van der Waals surface area contributed by atoms with Gasteiger partial charge in [-0.05, 0) is 66.0 Å². The van der Waals surface area contributed by atoms with Crippen LogP contribution in [-0.4, -0.2) is 11.0 Å². The van der Waals surface area contributed by atoms with Gasteiger partial charge in [0.1, 0.15) is 0 Å². The van der Waals surface area contributed by atoms with E-state index in [2.05, 4.69) is 49.7 Å². The zero-order valence-electron chi connectivity index (χ0n) is 12.6. The van der Waals surface area contributed by atoms with Crippen LogP contribution in [0.5, 0.6) is 0 Å². The van der Waals surface area contributed by atoms with Crippen LogP contribution < -0.4 is 0 Å². The van der Waals surface area contributed by atoms with Gasteiger partial charge in [-0.25, -0.2) is 0 Å². The highest BCUT2D eigenvalue weighted by molar-refractivity contribution is 8.00. The van der Waals surface area contributed by atoms with Crippen LogP contribution in [0.1, 0.15) is 68.6 Å². The van der Waals surface area contributed by atoms with E-state index in [9.17, 15) is 0 Å². The molecule has 0 spiro atoms. The summed E-state index contributed by atoms with van der Waals surface area (Å²) < 4.78 is 0. The first kappa shape index (κ1) is 14.1. The van der Waals surface area contributed by atoms with Crippen molar-refractivity contribution in [3.05, 3.63) is 34.9 Å². The van der Waals surface area contributed by atoms with Crippen LogP contribution in [0, 0.1) is 12.3 Å². The molecule has 1 heteroatoms. The highest BCUT2D eigenvalue weighted by Crippen LogP contribution is 2.48. The Balaban J connectivity index is 2.01. The second-order valence-corrected chi connectivity index (χ2v) is 8.23. The van der Waals surface area contributed by atoms with Gasteiger partial charge in [-0.15, -0.1) is 6.42 Å². The van der Waals surface area contributed by atoms with Crippen molar-refractivity contribution < 1.29 is 0 Å². The minimum Gasteiger partial charge on any atom is -0.158 e. The Kier molecular flexibility index (Phi) is 3.87. The van der Waals surface area contributed by atoms with Crippen molar-refractivity contribution in [1.82, 2.24) is 0 Å². The molecule has 1 aromatic carbocycles. The topological polar surface area (TPSA) is 0 Å². The number of rotatable bonds is 1. The summed E-state index contributed by atoms with van der Waals surface area (Å²) in [6, 6.07) is 6.72. The molecule has 0 N–H and O–H groups in total. The van der Waals surface area contributed by atoms with Gasteiger partial charge in [0.05, 0.1) is 0 Å². The van der Waals surface area contributed by atoms with Gasteiger partial charge in [-0.2, -0.15) is 11.8 Å². The van der Waals surface area contributed by atoms with Gasteiger partial charge >= 0.3 is 0 Å². The molecule has 2 atom stereocenters. The van der Waals surface area contributed by atoms with Crippen molar-refractivity contribution in [3.63, 3.8) is 0 Å². The molecule has 1 aromatic rings. The molecule has 0 amide bonds. The van der Waals surface area contributed by atoms with E-state index >= 15 is 0 Å². The Morgan fingerprint density at radius 3 is 2.80 bits per heavy atom. The Bertz CT molecular complexity index is 529. The van der Waals surface area contributed by atoms with Crippen LogP contribution in [0.15, 0.2) is 18.2 Å². The summed E-state index contributed by atoms with van der Waals surface area (Å²) in [5, 5.41) is 0.812. The highest BCUT2D eigenvalue weighted by atomic mass is 32.2. The van der Waals surface area contributed by atoms with Crippen LogP contribution >= 0.6 is 11.8 Å². The first-order chi connectivity index (χ1) is 9.62. The van der Waals surface area contributed by atoms with Crippen molar-refractivity contribution in [2.75, 3.05) is 5.75 Å². The predicted molar refractivity (Wildman–Crippen MR) is 89.5 cm³/mol. The molecule has 20 heavy (non-hydrogen) atoms. The van der Waals surface area contributed by atoms with Crippen molar-refractivity contribution in [1.29, 1.82) is 0 Å². The molecule has 106 valence electrons. The summed E-state index contributed by atoms with van der Waals surface area (Å²) in [5.41, 5.74) is 4.44. The molecule has 1 aliphatic heterocycles. The highest BCUT2D eigenvalue weighted by Gasteiger charge is 2.36. The third-order valence-corrected chi connectivity index (χ3v) is 6.61. The SMILES string of the molecule is C#Cc1ccc2c(c1)C(C1CCCCS1)CCC2(C)C. The lowest BCUT2D eigenvalue weighted by molar-refractivity contribution is 0.378. The maximum atomic E-state index is 5.62. The van der Waals surface area contributed by atoms with Gasteiger partial charge in [0, 0.05) is 10.8 Å². The Labute approximate surface area is 127 Å². The van der Waals surface area contributed by atoms with Crippen molar-refractivity contribution >= 4 is 11.8 Å². The van der Waals surface area contributed by atoms with E-state index in [0.717, 1.165) is 16.7 Å². The zero-order chi connectivity index (χ0) is 14.2. The van der Waals surface area contributed by atoms with E-state index in [1.807, 2.05) is 0 Å². The van der Waals surface area contributed by atoms with Crippen LogP contribution in [0.3, 0.4) is 0 Å². The molecule has 3 rings (SSSR count). The van der Waals surface area contributed by atoms with Gasteiger partial charge in [-0.1, -0.05) is 32.3 Å². The van der Waals surface area contributed by atoms with Crippen LogP contribution in [-0.2, 0) is 5.41 Å². The number of hydrogen-bond donors (Lipinski definition) is 0. The van der Waals surface area contributed by atoms with E-state index in [1.54, 1.807) is 11.1 Å². The molecule has 1 heterocycles. The largest absolute Gasteiger partial charge is 0.158 e. The summed E-state index contributed by atoms with van der Waals surface area (Å²) in [6.07, 6.45) is 12.4. The Morgan fingerprint density at radius 2 is 2.10 bits per heavy atom. The van der Waals surface area contributed by atoms with E-state index in [4.69, 9.17) is 6.42 Å². The Morgan fingerprint density at radius 1 is 1.25 bits per heavy atom. The van der Waals surface area contributed by atoms with Gasteiger partial charge < -0.3 is 0 Å². The quantitative estimate of drug-likeness (QED) is 0.646. The number of benzene rings is 1. The maximum Gasteiger partial charge on any atom is 0.0245 e. The smallest absolute Gasteiger partial charge is 0.0245 e. The average Bonchev–Trinajstić information content (AvgIpc) is 2.47. The van der Waals surface area contributed by atoms with Crippen molar-refractivity contribution in [2.24, 2.45) is 0 Å². The van der Waals surface area contributed by atoms with Crippen molar-refractivity contribution in [3.8, 4) is 12.3 Å². The molecule has 1 aliphatic carbocycles. The molecule has 0 saturated carbocycles. The summed E-state index contributed by atoms with van der Waals surface area (Å²) >= 11 is 2.20. The third kappa shape index (κ3) is 2.51. The molecule has 1 saturated heterocycles. The van der Waals surface area contributed by atoms with E-state index in [0.29, 0.717) is 5.41 Å². The van der Waals surface area contributed by atoms with Crippen LogP contribution in [0.4, 0.5) is 0 Å². The summed E-state index contributed by atoms with van der Waals surface area (Å²) in [6.45, 7) is 4.76. The summed E-state index contributed by atoms with van der Waals surface area (Å²) in [4.78, 5) is 0. The Hall–Kier alpha value is -0.870. The molecule has 0 nitrogen and oxygen atoms in total. The lowest BCUT2D eigenvalue weighted by Crippen LogP contribution is -2.31. The van der Waals surface area contributed by atoms with Crippen LogP contribution in [0.2, 0.25) is 0 Å². The molecule has 0 aromatic heterocycles. The standard InChI is InChI=1S/C19H24S/c1-4-14-8-9-17-16(13-14)15(10-11-19(17,2)3)18-7-5-6-12-20-18/h1,8-9,13,15,18H,5-7,10-12H2,2-3H3. The monoisotopic (exact) mass is 284 g/mol. The van der Waals surface area contributed by atoms with Gasteiger partial charge in [0.2, 0.25) is 0 Å². The zero-order valence-corrected chi connectivity index (χ0v) is 13.4. The first-order valence-electron chi connectivity index (χ1n) is 7.84. The average molecular weight is 284 g/mol. The molecule has 2 aliphatic rings. The second kappa shape index (κ2) is 5.49. The number of thioether (sulfide) groups is 1. The minimum absolute atomic E-state index is 0.304. The number of fused-ring (bicyclic) bond motifs is 1. The number of hydrogen-bond acceptors (Lipinski definition) is 1. The molecule has 1 fully saturated rings. The third-order valence-electron chi connectivity index (χ3n) is 5.09. The molecule has 0 bridgehead atoms. The van der Waals surface area contributed by atoms with E-state index in [1.165, 1.54) is 37.9 Å². The fourth-order valence-electron chi connectivity index (χ4n) is 3.85. The normalized spacial score (nSPS) is 28.4. The second-order valence-electron chi connectivity index (χ2n) is 6.88. The van der Waals surface area contributed by atoms with Gasteiger partial charge in [-0.3, -0.25) is 0 Å². The molecular weight excluding hydrogens is 260 g/mol. The fourth-order valence-corrected chi connectivity index (χ4v) is 5.37. The van der Waals surface area contributed by atoms with Gasteiger partial charge in [0.15, 0.2) is 0 Å². The fraction of sp³-hybridized carbons (Fsp3) is 0.579. The lowest BCUT2D eigenvalue weighted by atomic mass is 9.67.